The largest absolute Gasteiger partial charge is 0.400 e. The highest BCUT2D eigenvalue weighted by Crippen LogP contribution is 2.40. The number of hydrogen-bond acceptors (Lipinski definition) is 11. The molecule has 1 aromatic heterocycles. The Labute approximate surface area is 208 Å². The van der Waals surface area contributed by atoms with Crippen molar-refractivity contribution in [1.82, 2.24) is 9.97 Å². The van der Waals surface area contributed by atoms with Crippen LogP contribution in [0.15, 0.2) is 5.16 Å². The van der Waals surface area contributed by atoms with Gasteiger partial charge in [-0.25, -0.2) is 9.97 Å². The predicted octanol–water partition coefficient (Wildman–Crippen LogP) is 3.70. The molecule has 198 valence electrons. The smallest absolute Gasteiger partial charge is 0.389 e. The number of nitrogens with zero attached hydrogens (tertiary/aromatic N) is 3. The zero-order chi connectivity index (χ0) is 24.9. The number of methoxy groups -OCH3 is 1. The van der Waals surface area contributed by atoms with Crippen molar-refractivity contribution >= 4 is 47.6 Å². The number of anilines is 3. The number of hydrogen-bond donors (Lipinski definition) is 3. The molecule has 0 spiro atoms. The first-order chi connectivity index (χ1) is 15.9. The van der Waals surface area contributed by atoms with E-state index in [-0.39, 0.29) is 25.5 Å². The quantitative estimate of drug-likeness (QED) is 0.234. The van der Waals surface area contributed by atoms with Crippen LogP contribution in [0, 0.1) is 0 Å². The summed E-state index contributed by atoms with van der Waals surface area (Å²) in [6.07, 6.45) is -1.43. The van der Waals surface area contributed by atoms with Crippen LogP contribution in [0.5, 0.6) is 0 Å². The Morgan fingerprint density at radius 1 is 1.29 bits per heavy atom. The molecule has 34 heavy (non-hydrogen) atoms. The number of halogens is 3. The average Bonchev–Trinajstić information content (AvgIpc) is 3.43. The molecule has 2 aliphatic rings. The molecule has 9 nitrogen and oxygen atoms in total. The highest BCUT2D eigenvalue weighted by Gasteiger charge is 2.36. The summed E-state index contributed by atoms with van der Waals surface area (Å²) in [7, 11) is 2.65. The fourth-order valence-electron chi connectivity index (χ4n) is 3.22. The lowest BCUT2D eigenvalue weighted by atomic mass is 10.2. The van der Waals surface area contributed by atoms with Gasteiger partial charge in [0.15, 0.2) is 16.8 Å². The molecule has 3 N–H and O–H groups in total. The Hall–Kier alpha value is -1.48. The second-order valence-corrected chi connectivity index (χ2v) is 8.78. The van der Waals surface area contributed by atoms with Crippen LogP contribution < -0.4 is 15.5 Å². The second-order valence-electron chi connectivity index (χ2n) is 6.74. The van der Waals surface area contributed by atoms with Crippen LogP contribution in [-0.2, 0) is 14.3 Å². The fourth-order valence-corrected chi connectivity index (χ4v) is 4.35. The van der Waals surface area contributed by atoms with Gasteiger partial charge in [-0.3, -0.25) is 0 Å². The molecule has 0 saturated carbocycles. The summed E-state index contributed by atoms with van der Waals surface area (Å²) in [6, 6.07) is 0. The first-order valence-corrected chi connectivity index (χ1v) is 12.5. The van der Waals surface area contributed by atoms with Gasteiger partial charge in [0.2, 0.25) is 0 Å². The van der Waals surface area contributed by atoms with Gasteiger partial charge >= 0.3 is 6.18 Å². The minimum atomic E-state index is -4.19. The number of fused-ring (bicyclic) bond motifs is 1. The van der Waals surface area contributed by atoms with E-state index in [2.05, 4.69) is 20.6 Å². The minimum absolute atomic E-state index is 0. The number of aliphatic hydroxyl groups excluding tert-OH is 1. The number of aromatic nitrogens is 2. The zero-order valence-electron chi connectivity index (χ0n) is 19.0. The summed E-state index contributed by atoms with van der Waals surface area (Å²) in [5, 5.41) is 13.9. The van der Waals surface area contributed by atoms with Crippen molar-refractivity contribution < 1.29 is 32.5 Å². The molecule has 1 aromatic rings. The molecule has 14 heteroatoms. The molecule has 2 atom stereocenters. The van der Waals surface area contributed by atoms with Crippen molar-refractivity contribution in [2.45, 2.75) is 50.4 Å². The molecular weight excluding hydrogens is 495 g/mol. The third-order valence-electron chi connectivity index (χ3n) is 4.57. The molecule has 3 heterocycles. The summed E-state index contributed by atoms with van der Waals surface area (Å²) < 4.78 is 48.8. The summed E-state index contributed by atoms with van der Waals surface area (Å²) in [6.45, 7) is 3.76. The number of alkyl halides is 3. The normalized spacial score (nSPS) is 18.5. The summed E-state index contributed by atoms with van der Waals surface area (Å²) in [5.41, 5.74) is 0.769. The third kappa shape index (κ3) is 10.0. The monoisotopic (exact) mass is 531 g/mol. The molecule has 0 aliphatic carbocycles. The van der Waals surface area contributed by atoms with Crippen molar-refractivity contribution in [2.24, 2.45) is 0 Å². The van der Waals surface area contributed by atoms with Gasteiger partial charge in [-0.15, -0.1) is 0 Å². The van der Waals surface area contributed by atoms with Crippen LogP contribution in [0.4, 0.5) is 30.5 Å². The van der Waals surface area contributed by atoms with E-state index in [1.165, 1.54) is 0 Å². The molecule has 2 unspecified atom stereocenters. The van der Waals surface area contributed by atoms with Crippen LogP contribution in [0.2, 0.25) is 0 Å². The van der Waals surface area contributed by atoms with Crippen molar-refractivity contribution in [2.75, 3.05) is 67.3 Å². The molecular formula is C20H36F3N5O4S2. The van der Waals surface area contributed by atoms with E-state index in [4.69, 9.17) is 19.4 Å². The van der Waals surface area contributed by atoms with Crippen LogP contribution in [-0.4, -0.2) is 92.2 Å². The van der Waals surface area contributed by atoms with Crippen molar-refractivity contribution in [3.05, 3.63) is 0 Å². The first kappa shape index (κ1) is 32.5. The summed E-state index contributed by atoms with van der Waals surface area (Å²) in [4.78, 5) is 19.0. The number of carbonyl (C=O) groups is 1. The van der Waals surface area contributed by atoms with Gasteiger partial charge in [-0.05, 0) is 19.1 Å². The number of thioether (sulfide) groups is 2. The van der Waals surface area contributed by atoms with Gasteiger partial charge in [0.05, 0.1) is 25.8 Å². The minimum Gasteiger partial charge on any atom is -0.400 e. The highest BCUT2D eigenvalue weighted by atomic mass is 32.2. The lowest BCUT2D eigenvalue weighted by Gasteiger charge is -2.25. The van der Waals surface area contributed by atoms with Crippen molar-refractivity contribution in [3.63, 3.8) is 0 Å². The standard InChI is InChI=1S/C17H26F3N5O2S2.CH4O.CH2O.CH4/c1-26-9-11-3-4-12(27-11)25-10-22-13-14(21-6-8-28-2)23-16(24-15(13)25)29-7-5-17(18,19)20;2*1-2;/h11-12,22H,3-10H2,1-2H3,(H,21,23,24);2H,1H3;1H2;1H4. The Kier molecular flexibility index (Phi) is 16.3. The predicted molar refractivity (Wildman–Crippen MR) is 133 cm³/mol. The number of nitrogens with one attached hydrogen (secondary N) is 2. The van der Waals surface area contributed by atoms with E-state index in [1.807, 2.05) is 17.9 Å². The van der Waals surface area contributed by atoms with Gasteiger partial charge in [-0.2, -0.15) is 24.9 Å². The zero-order valence-corrected chi connectivity index (χ0v) is 20.6. The Bertz CT molecular complexity index is 707. The van der Waals surface area contributed by atoms with Gasteiger partial charge in [0.25, 0.3) is 0 Å². The molecule has 3 rings (SSSR count). The molecule has 2 aliphatic heterocycles. The third-order valence-corrected chi connectivity index (χ3v) is 6.03. The second kappa shape index (κ2) is 17.0. The Morgan fingerprint density at radius 3 is 2.62 bits per heavy atom. The van der Waals surface area contributed by atoms with E-state index >= 15 is 0 Å². The number of carbonyl (C=O) groups excluding carboxylic acids is 1. The lowest BCUT2D eigenvalue weighted by Crippen LogP contribution is -2.36. The fraction of sp³-hybridized carbons (Fsp3) is 0.750. The molecule has 1 saturated heterocycles. The topological polar surface area (TPSA) is 109 Å². The molecule has 1 fully saturated rings. The van der Waals surface area contributed by atoms with E-state index in [1.54, 1.807) is 18.9 Å². The summed E-state index contributed by atoms with van der Waals surface area (Å²) in [5.74, 6) is 2.07. The van der Waals surface area contributed by atoms with Gasteiger partial charge in [-0.1, -0.05) is 19.2 Å². The summed E-state index contributed by atoms with van der Waals surface area (Å²) >= 11 is 2.72. The lowest BCUT2D eigenvalue weighted by molar-refractivity contribution is -0.129. The number of rotatable bonds is 10. The molecule has 0 radical (unpaired) electrons. The van der Waals surface area contributed by atoms with E-state index in [0.717, 1.165) is 43.2 Å². The van der Waals surface area contributed by atoms with Crippen LogP contribution in [0.1, 0.15) is 26.7 Å². The maximum atomic E-state index is 12.5. The Balaban J connectivity index is 0.00000207. The molecule has 0 aromatic carbocycles. The highest BCUT2D eigenvalue weighted by molar-refractivity contribution is 7.99. The van der Waals surface area contributed by atoms with E-state index < -0.39 is 12.6 Å². The number of aliphatic hydroxyl groups is 1. The van der Waals surface area contributed by atoms with Crippen molar-refractivity contribution in [1.29, 1.82) is 0 Å². The number of ether oxygens (including phenoxy) is 2. The van der Waals surface area contributed by atoms with Gasteiger partial charge in [0, 0.05) is 32.3 Å². The van der Waals surface area contributed by atoms with E-state index in [0.29, 0.717) is 36.6 Å². The Morgan fingerprint density at radius 2 is 2.00 bits per heavy atom. The first-order valence-electron chi connectivity index (χ1n) is 10.1. The van der Waals surface area contributed by atoms with Crippen LogP contribution in [0.3, 0.4) is 0 Å². The van der Waals surface area contributed by atoms with Gasteiger partial charge < -0.3 is 34.9 Å². The average molecular weight is 532 g/mol. The van der Waals surface area contributed by atoms with Gasteiger partial charge in [0.1, 0.15) is 18.7 Å². The molecule has 0 amide bonds. The maximum Gasteiger partial charge on any atom is 0.389 e. The van der Waals surface area contributed by atoms with E-state index in [9.17, 15) is 13.2 Å². The maximum absolute atomic E-state index is 12.5. The molecule has 0 bridgehead atoms. The van der Waals surface area contributed by atoms with Crippen LogP contribution >= 0.6 is 23.5 Å². The SMILES string of the molecule is C.C=O.CO.COCC1CCC(N2CNc3c(NCCSC)nc(SCCC(F)(F)F)nc32)O1. The van der Waals surface area contributed by atoms with Crippen molar-refractivity contribution in [3.8, 4) is 0 Å². The van der Waals surface area contributed by atoms with Crippen LogP contribution in [0.25, 0.3) is 0 Å².